The molecule has 0 radical (unpaired) electrons. The van der Waals surface area contributed by atoms with E-state index < -0.39 is 10.0 Å². The number of rotatable bonds is 5. The van der Waals surface area contributed by atoms with Gasteiger partial charge < -0.3 is 10.1 Å². The molecule has 1 fully saturated rings. The van der Waals surface area contributed by atoms with Crippen molar-refractivity contribution >= 4 is 21.4 Å². The fourth-order valence-corrected chi connectivity index (χ4v) is 2.93. The molecule has 1 saturated heterocycles. The van der Waals surface area contributed by atoms with Gasteiger partial charge in [0.1, 0.15) is 0 Å². The SMILES string of the molecule is Cc1cc(NCC2CCOCC2)ccc1NS(C)(=O)=O. The molecule has 0 spiro atoms. The Labute approximate surface area is 120 Å². The van der Waals surface area contributed by atoms with E-state index in [0.29, 0.717) is 11.6 Å². The summed E-state index contributed by atoms with van der Waals surface area (Å²) in [6.45, 7) is 4.53. The Morgan fingerprint density at radius 2 is 2.00 bits per heavy atom. The molecule has 20 heavy (non-hydrogen) atoms. The van der Waals surface area contributed by atoms with E-state index in [9.17, 15) is 8.42 Å². The molecule has 2 N–H and O–H groups in total. The molecule has 0 aliphatic carbocycles. The lowest BCUT2D eigenvalue weighted by molar-refractivity contribution is 0.0699. The summed E-state index contributed by atoms with van der Waals surface area (Å²) < 4.78 is 30.3. The molecule has 5 nitrogen and oxygen atoms in total. The zero-order chi connectivity index (χ0) is 14.6. The van der Waals surface area contributed by atoms with Gasteiger partial charge in [-0.2, -0.15) is 0 Å². The molecular weight excluding hydrogens is 276 g/mol. The van der Waals surface area contributed by atoms with E-state index in [4.69, 9.17) is 4.74 Å². The fourth-order valence-electron chi connectivity index (χ4n) is 2.30. The second-order valence-corrected chi connectivity index (χ2v) is 7.09. The van der Waals surface area contributed by atoms with Crippen molar-refractivity contribution in [2.24, 2.45) is 5.92 Å². The topological polar surface area (TPSA) is 67.4 Å². The molecule has 0 aromatic heterocycles. The second kappa shape index (κ2) is 6.45. The van der Waals surface area contributed by atoms with E-state index in [1.807, 2.05) is 19.1 Å². The van der Waals surface area contributed by atoms with Gasteiger partial charge in [0.05, 0.1) is 11.9 Å². The van der Waals surface area contributed by atoms with Crippen LogP contribution in [0.3, 0.4) is 0 Å². The highest BCUT2D eigenvalue weighted by atomic mass is 32.2. The molecule has 1 aliphatic rings. The van der Waals surface area contributed by atoms with Crippen LogP contribution in [0.25, 0.3) is 0 Å². The number of anilines is 2. The third-order valence-corrected chi connectivity index (χ3v) is 4.05. The molecular formula is C14H22N2O3S. The summed E-state index contributed by atoms with van der Waals surface area (Å²) in [5.41, 5.74) is 2.56. The number of sulfonamides is 1. The molecule has 0 saturated carbocycles. The Morgan fingerprint density at radius 3 is 2.60 bits per heavy atom. The van der Waals surface area contributed by atoms with Crippen molar-refractivity contribution in [3.63, 3.8) is 0 Å². The summed E-state index contributed by atoms with van der Waals surface area (Å²) in [5.74, 6) is 0.651. The highest BCUT2D eigenvalue weighted by Gasteiger charge is 2.13. The predicted molar refractivity (Wildman–Crippen MR) is 81.7 cm³/mol. The van der Waals surface area contributed by atoms with Crippen molar-refractivity contribution < 1.29 is 13.2 Å². The van der Waals surface area contributed by atoms with Gasteiger partial charge in [0, 0.05) is 25.4 Å². The summed E-state index contributed by atoms with van der Waals surface area (Å²) in [7, 11) is -3.23. The molecule has 1 aromatic carbocycles. The van der Waals surface area contributed by atoms with Gasteiger partial charge in [-0.05, 0) is 49.4 Å². The molecule has 1 aromatic rings. The van der Waals surface area contributed by atoms with E-state index in [-0.39, 0.29) is 0 Å². The maximum atomic E-state index is 11.2. The van der Waals surface area contributed by atoms with E-state index in [1.54, 1.807) is 6.07 Å². The molecule has 112 valence electrons. The van der Waals surface area contributed by atoms with E-state index in [1.165, 1.54) is 0 Å². The van der Waals surface area contributed by atoms with Crippen molar-refractivity contribution in [1.29, 1.82) is 0 Å². The lowest BCUT2D eigenvalue weighted by Crippen LogP contribution is -2.22. The van der Waals surface area contributed by atoms with Crippen LogP contribution >= 0.6 is 0 Å². The van der Waals surface area contributed by atoms with Crippen LogP contribution in [0.15, 0.2) is 18.2 Å². The van der Waals surface area contributed by atoms with Gasteiger partial charge in [0.15, 0.2) is 0 Å². The van der Waals surface area contributed by atoms with Crippen molar-refractivity contribution in [2.45, 2.75) is 19.8 Å². The van der Waals surface area contributed by atoms with Gasteiger partial charge in [-0.15, -0.1) is 0 Å². The van der Waals surface area contributed by atoms with Crippen LogP contribution in [-0.2, 0) is 14.8 Å². The standard InChI is InChI=1S/C14H22N2O3S/c1-11-9-13(3-4-14(11)16-20(2,17)18)15-10-12-5-7-19-8-6-12/h3-4,9,12,15-16H,5-8,10H2,1-2H3. The third-order valence-electron chi connectivity index (χ3n) is 3.46. The number of aryl methyl sites for hydroxylation is 1. The third kappa shape index (κ3) is 4.68. The van der Waals surface area contributed by atoms with Crippen molar-refractivity contribution in [2.75, 3.05) is 36.1 Å². The van der Waals surface area contributed by atoms with Crippen LogP contribution in [0.2, 0.25) is 0 Å². The lowest BCUT2D eigenvalue weighted by Gasteiger charge is -2.23. The van der Waals surface area contributed by atoms with Crippen LogP contribution in [0.5, 0.6) is 0 Å². The molecule has 0 atom stereocenters. The highest BCUT2D eigenvalue weighted by molar-refractivity contribution is 7.92. The Balaban J connectivity index is 1.94. The van der Waals surface area contributed by atoms with Crippen LogP contribution < -0.4 is 10.0 Å². The first kappa shape index (κ1) is 15.1. The molecule has 0 unspecified atom stereocenters. The second-order valence-electron chi connectivity index (χ2n) is 5.34. The monoisotopic (exact) mass is 298 g/mol. The summed E-state index contributed by atoms with van der Waals surface area (Å²) in [6, 6.07) is 5.66. The first-order valence-corrected chi connectivity index (χ1v) is 8.73. The van der Waals surface area contributed by atoms with E-state index in [2.05, 4.69) is 10.0 Å². The molecule has 1 heterocycles. The number of hydrogen-bond acceptors (Lipinski definition) is 4. The molecule has 2 rings (SSSR count). The van der Waals surface area contributed by atoms with Gasteiger partial charge in [-0.3, -0.25) is 4.72 Å². The zero-order valence-corrected chi connectivity index (χ0v) is 12.8. The smallest absolute Gasteiger partial charge is 0.229 e. The van der Waals surface area contributed by atoms with Crippen molar-refractivity contribution in [3.05, 3.63) is 23.8 Å². The van der Waals surface area contributed by atoms with Gasteiger partial charge in [-0.25, -0.2) is 8.42 Å². The number of benzene rings is 1. The van der Waals surface area contributed by atoms with Crippen LogP contribution in [0, 0.1) is 12.8 Å². The van der Waals surface area contributed by atoms with E-state index >= 15 is 0 Å². The molecule has 1 aliphatic heterocycles. The zero-order valence-electron chi connectivity index (χ0n) is 12.0. The maximum absolute atomic E-state index is 11.2. The van der Waals surface area contributed by atoms with E-state index in [0.717, 1.165) is 50.1 Å². The molecule has 0 amide bonds. The minimum atomic E-state index is -3.23. The lowest BCUT2D eigenvalue weighted by atomic mass is 10.0. The van der Waals surface area contributed by atoms with Gasteiger partial charge in [-0.1, -0.05) is 0 Å². The maximum Gasteiger partial charge on any atom is 0.229 e. The first-order valence-electron chi connectivity index (χ1n) is 6.84. The first-order chi connectivity index (χ1) is 9.44. The highest BCUT2D eigenvalue weighted by Crippen LogP contribution is 2.22. The summed E-state index contributed by atoms with van der Waals surface area (Å²) >= 11 is 0. The largest absolute Gasteiger partial charge is 0.385 e. The number of ether oxygens (including phenoxy) is 1. The van der Waals surface area contributed by atoms with Crippen LogP contribution in [0.4, 0.5) is 11.4 Å². The fraction of sp³-hybridized carbons (Fsp3) is 0.571. The molecule has 0 bridgehead atoms. The van der Waals surface area contributed by atoms with Gasteiger partial charge in [0.2, 0.25) is 10.0 Å². The quantitative estimate of drug-likeness (QED) is 0.874. The van der Waals surface area contributed by atoms with Gasteiger partial charge >= 0.3 is 0 Å². The Hall–Kier alpha value is -1.27. The van der Waals surface area contributed by atoms with Crippen LogP contribution in [-0.4, -0.2) is 34.4 Å². The predicted octanol–water partition coefficient (Wildman–Crippen LogP) is 2.21. The molecule has 6 heteroatoms. The van der Waals surface area contributed by atoms with Crippen molar-refractivity contribution in [3.8, 4) is 0 Å². The minimum absolute atomic E-state index is 0.629. The Morgan fingerprint density at radius 1 is 1.30 bits per heavy atom. The number of nitrogens with one attached hydrogen (secondary N) is 2. The normalized spacial score (nSPS) is 16.9. The Kier molecular flexibility index (Phi) is 4.88. The average molecular weight is 298 g/mol. The summed E-state index contributed by atoms with van der Waals surface area (Å²) in [6.07, 6.45) is 3.35. The average Bonchev–Trinajstić information content (AvgIpc) is 2.39. The summed E-state index contributed by atoms with van der Waals surface area (Å²) in [4.78, 5) is 0. The minimum Gasteiger partial charge on any atom is -0.385 e. The van der Waals surface area contributed by atoms with Crippen molar-refractivity contribution in [1.82, 2.24) is 0 Å². The number of hydrogen-bond donors (Lipinski definition) is 2. The van der Waals surface area contributed by atoms with Crippen LogP contribution in [0.1, 0.15) is 18.4 Å². The Bertz CT molecular complexity index is 552. The summed E-state index contributed by atoms with van der Waals surface area (Å²) in [5, 5.41) is 3.41. The van der Waals surface area contributed by atoms with Gasteiger partial charge in [0.25, 0.3) is 0 Å².